The Hall–Kier alpha value is -2.85. The number of carboxylic acids is 1. The summed E-state index contributed by atoms with van der Waals surface area (Å²) in [7, 11) is 0. The van der Waals surface area contributed by atoms with Crippen molar-refractivity contribution in [2.75, 3.05) is 13.1 Å². The SMILES string of the molecule is O=C(O)CC(O)CNC(c1nnnn1CCCC(=O)N1CCc2ccccc2C1)C1CC1. The Morgan fingerprint density at radius 3 is 2.75 bits per heavy atom. The number of aliphatic carboxylic acids is 1. The molecule has 1 amide bonds. The number of hydrogen-bond donors (Lipinski definition) is 3. The van der Waals surface area contributed by atoms with Gasteiger partial charge in [0.1, 0.15) is 0 Å². The Bertz CT molecular complexity index is 944. The molecule has 172 valence electrons. The molecule has 1 saturated carbocycles. The predicted octanol–water partition coefficient (Wildman–Crippen LogP) is 0.914. The van der Waals surface area contributed by atoms with Crippen molar-refractivity contribution in [3.8, 4) is 0 Å². The minimum Gasteiger partial charge on any atom is -0.481 e. The number of hydrogen-bond acceptors (Lipinski definition) is 7. The van der Waals surface area contributed by atoms with Gasteiger partial charge in [0.15, 0.2) is 5.82 Å². The van der Waals surface area contributed by atoms with Gasteiger partial charge >= 0.3 is 5.97 Å². The van der Waals surface area contributed by atoms with Crippen LogP contribution < -0.4 is 5.32 Å². The van der Waals surface area contributed by atoms with Crippen molar-refractivity contribution < 1.29 is 19.8 Å². The third kappa shape index (κ3) is 5.68. The molecule has 0 bridgehead atoms. The maximum atomic E-state index is 12.7. The number of fused-ring (bicyclic) bond motifs is 1. The summed E-state index contributed by atoms with van der Waals surface area (Å²) in [6, 6.07) is 8.12. The number of aromatic nitrogens is 4. The molecule has 0 spiro atoms. The average molecular weight is 443 g/mol. The summed E-state index contributed by atoms with van der Waals surface area (Å²) >= 11 is 0. The molecule has 10 heteroatoms. The Balaban J connectivity index is 1.29. The van der Waals surface area contributed by atoms with Gasteiger partial charge in [-0.3, -0.25) is 9.59 Å². The van der Waals surface area contributed by atoms with Crippen molar-refractivity contribution in [1.82, 2.24) is 30.4 Å². The highest BCUT2D eigenvalue weighted by atomic mass is 16.4. The number of aryl methyl sites for hydroxylation is 1. The number of nitrogens with zero attached hydrogens (tertiary/aromatic N) is 5. The average Bonchev–Trinajstić information content (AvgIpc) is 3.51. The second-order valence-electron chi connectivity index (χ2n) is 8.67. The van der Waals surface area contributed by atoms with Crippen LogP contribution in [0.4, 0.5) is 0 Å². The van der Waals surface area contributed by atoms with Crippen LogP contribution in [0.2, 0.25) is 0 Å². The van der Waals surface area contributed by atoms with Gasteiger partial charge in [0.05, 0.1) is 18.6 Å². The molecule has 4 rings (SSSR count). The van der Waals surface area contributed by atoms with E-state index in [-0.39, 0.29) is 24.9 Å². The molecule has 1 aliphatic carbocycles. The highest BCUT2D eigenvalue weighted by Gasteiger charge is 2.36. The Kier molecular flexibility index (Phi) is 7.11. The number of carbonyl (C=O) groups excluding carboxylic acids is 1. The van der Waals surface area contributed by atoms with E-state index < -0.39 is 12.1 Å². The van der Waals surface area contributed by atoms with Crippen molar-refractivity contribution in [2.45, 2.75) is 63.8 Å². The highest BCUT2D eigenvalue weighted by Crippen LogP contribution is 2.40. The van der Waals surface area contributed by atoms with Crippen LogP contribution in [0.15, 0.2) is 24.3 Å². The van der Waals surface area contributed by atoms with Gasteiger partial charge in [0.2, 0.25) is 5.91 Å². The van der Waals surface area contributed by atoms with Gasteiger partial charge in [0.25, 0.3) is 0 Å². The first-order valence-electron chi connectivity index (χ1n) is 11.2. The second-order valence-corrected chi connectivity index (χ2v) is 8.67. The maximum absolute atomic E-state index is 12.7. The van der Waals surface area contributed by atoms with Gasteiger partial charge in [-0.05, 0) is 53.2 Å². The zero-order valence-corrected chi connectivity index (χ0v) is 18.1. The van der Waals surface area contributed by atoms with Crippen molar-refractivity contribution >= 4 is 11.9 Å². The molecule has 2 atom stereocenters. The summed E-state index contributed by atoms with van der Waals surface area (Å²) < 4.78 is 1.72. The van der Waals surface area contributed by atoms with Crippen LogP contribution in [-0.4, -0.2) is 66.4 Å². The highest BCUT2D eigenvalue weighted by molar-refractivity contribution is 5.76. The van der Waals surface area contributed by atoms with E-state index in [0.29, 0.717) is 37.7 Å². The lowest BCUT2D eigenvalue weighted by molar-refractivity contribution is -0.139. The zero-order chi connectivity index (χ0) is 22.5. The van der Waals surface area contributed by atoms with Crippen LogP contribution in [0, 0.1) is 5.92 Å². The van der Waals surface area contributed by atoms with Gasteiger partial charge in [-0.15, -0.1) is 5.10 Å². The monoisotopic (exact) mass is 442 g/mol. The normalized spacial score (nSPS) is 17.6. The number of tetrazole rings is 1. The lowest BCUT2D eigenvalue weighted by atomic mass is 9.99. The van der Waals surface area contributed by atoms with Crippen molar-refractivity contribution in [3.63, 3.8) is 0 Å². The number of amides is 1. The summed E-state index contributed by atoms with van der Waals surface area (Å²) in [5.41, 5.74) is 2.54. The van der Waals surface area contributed by atoms with Gasteiger partial charge in [0, 0.05) is 32.6 Å². The van der Waals surface area contributed by atoms with E-state index in [0.717, 1.165) is 25.8 Å². The molecule has 3 N–H and O–H groups in total. The number of carboxylic acid groups (broad SMARTS) is 1. The molecule has 1 aromatic heterocycles. The van der Waals surface area contributed by atoms with E-state index >= 15 is 0 Å². The first-order chi connectivity index (χ1) is 15.5. The molecule has 2 unspecified atom stereocenters. The summed E-state index contributed by atoms with van der Waals surface area (Å²) in [4.78, 5) is 25.4. The first-order valence-corrected chi connectivity index (χ1v) is 11.2. The molecule has 1 aromatic carbocycles. The molecule has 2 heterocycles. The van der Waals surface area contributed by atoms with E-state index in [1.807, 2.05) is 17.0 Å². The number of rotatable bonds is 11. The third-order valence-corrected chi connectivity index (χ3v) is 6.16. The molecule has 2 aromatic rings. The van der Waals surface area contributed by atoms with E-state index in [1.54, 1.807) is 4.68 Å². The fourth-order valence-corrected chi connectivity index (χ4v) is 4.28. The van der Waals surface area contributed by atoms with E-state index in [4.69, 9.17) is 5.11 Å². The van der Waals surface area contributed by atoms with Gasteiger partial charge in [-0.2, -0.15) is 0 Å². The molecule has 0 saturated heterocycles. The van der Waals surface area contributed by atoms with E-state index in [1.165, 1.54) is 11.1 Å². The van der Waals surface area contributed by atoms with Crippen LogP contribution >= 0.6 is 0 Å². The fraction of sp³-hybridized carbons (Fsp3) is 0.591. The van der Waals surface area contributed by atoms with Gasteiger partial charge < -0.3 is 20.4 Å². The number of aliphatic hydroxyl groups is 1. The van der Waals surface area contributed by atoms with Crippen LogP contribution in [0.25, 0.3) is 0 Å². The number of carbonyl (C=O) groups is 2. The summed E-state index contributed by atoms with van der Waals surface area (Å²) in [6.07, 6.45) is 2.75. The number of benzene rings is 1. The Morgan fingerprint density at radius 1 is 1.22 bits per heavy atom. The number of nitrogens with one attached hydrogen (secondary N) is 1. The minimum absolute atomic E-state index is 0.136. The van der Waals surface area contributed by atoms with E-state index in [9.17, 15) is 14.7 Å². The fourth-order valence-electron chi connectivity index (χ4n) is 4.28. The second kappa shape index (κ2) is 10.2. The summed E-state index contributed by atoms with van der Waals surface area (Å²) in [5.74, 6) is 0.151. The van der Waals surface area contributed by atoms with Crippen LogP contribution in [0.5, 0.6) is 0 Å². The molecule has 10 nitrogen and oxygen atoms in total. The van der Waals surface area contributed by atoms with E-state index in [2.05, 4.69) is 33.0 Å². The first kappa shape index (κ1) is 22.3. The zero-order valence-electron chi connectivity index (χ0n) is 18.1. The van der Waals surface area contributed by atoms with Crippen LogP contribution in [0.1, 0.15) is 55.1 Å². The molecule has 0 radical (unpaired) electrons. The van der Waals surface area contributed by atoms with Crippen molar-refractivity contribution in [2.24, 2.45) is 5.92 Å². The quantitative estimate of drug-likeness (QED) is 0.468. The standard InChI is InChI=1S/C22H30N6O4/c29-18(12-20(31)32)13-23-21(16-7-8-16)22-24-25-26-28(22)10-3-6-19(30)27-11-9-15-4-1-2-5-17(15)14-27/h1-2,4-5,16,18,21,23,29H,3,6-14H2,(H,31,32). The lowest BCUT2D eigenvalue weighted by Crippen LogP contribution is -2.36. The van der Waals surface area contributed by atoms with Gasteiger partial charge in [-0.1, -0.05) is 24.3 Å². The summed E-state index contributed by atoms with van der Waals surface area (Å²) in [6.45, 7) is 2.10. The molecular formula is C22H30N6O4. The number of aliphatic hydroxyl groups excluding tert-OH is 1. The molecular weight excluding hydrogens is 412 g/mol. The third-order valence-electron chi connectivity index (χ3n) is 6.16. The van der Waals surface area contributed by atoms with Crippen LogP contribution in [0.3, 0.4) is 0 Å². The topological polar surface area (TPSA) is 133 Å². The van der Waals surface area contributed by atoms with Crippen molar-refractivity contribution in [1.29, 1.82) is 0 Å². The molecule has 1 fully saturated rings. The molecule has 1 aliphatic heterocycles. The van der Waals surface area contributed by atoms with Gasteiger partial charge in [-0.25, -0.2) is 4.68 Å². The largest absolute Gasteiger partial charge is 0.481 e. The predicted molar refractivity (Wildman–Crippen MR) is 114 cm³/mol. The minimum atomic E-state index is -1.03. The summed E-state index contributed by atoms with van der Waals surface area (Å²) in [5, 5.41) is 34.0. The Morgan fingerprint density at radius 2 is 2.00 bits per heavy atom. The van der Waals surface area contributed by atoms with Crippen LogP contribution in [-0.2, 0) is 29.1 Å². The maximum Gasteiger partial charge on any atom is 0.306 e. The molecule has 32 heavy (non-hydrogen) atoms. The lowest BCUT2D eigenvalue weighted by Gasteiger charge is -2.29. The molecule has 2 aliphatic rings. The smallest absolute Gasteiger partial charge is 0.306 e. The Labute approximate surface area is 186 Å². The van der Waals surface area contributed by atoms with Crippen molar-refractivity contribution in [3.05, 3.63) is 41.2 Å².